The Morgan fingerprint density at radius 2 is 1.34 bits per heavy atom. The van der Waals surface area contributed by atoms with E-state index in [-0.39, 0.29) is 6.03 Å². The van der Waals surface area contributed by atoms with Gasteiger partial charge in [-0.05, 0) is 54.5 Å². The average Bonchev–Trinajstić information content (AvgIpc) is 3.21. The molecule has 0 aliphatic heterocycles. The van der Waals surface area contributed by atoms with E-state index in [0.29, 0.717) is 11.8 Å². The van der Waals surface area contributed by atoms with Gasteiger partial charge in [0, 0.05) is 16.9 Å². The van der Waals surface area contributed by atoms with Crippen LogP contribution in [0.4, 0.5) is 16.2 Å². The number of rotatable bonds is 6. The van der Waals surface area contributed by atoms with Gasteiger partial charge in [-0.15, -0.1) is 11.3 Å². The van der Waals surface area contributed by atoms with Crippen molar-refractivity contribution in [2.75, 3.05) is 10.6 Å². The lowest BCUT2D eigenvalue weighted by molar-refractivity contribution is 0.262. The monoisotopic (exact) mass is 483 g/mol. The number of thiazole rings is 1. The van der Waals surface area contributed by atoms with Gasteiger partial charge in [-0.1, -0.05) is 87.9 Å². The Morgan fingerprint density at radius 1 is 0.771 bits per heavy atom. The third-order valence-corrected chi connectivity index (χ3v) is 7.10. The predicted octanol–water partition coefficient (Wildman–Crippen LogP) is 8.98. The zero-order chi connectivity index (χ0) is 25.1. The third-order valence-electron chi connectivity index (χ3n) is 6.08. The normalized spacial score (nSPS) is 11.2. The van der Waals surface area contributed by atoms with Gasteiger partial charge in [0.15, 0.2) is 0 Å². The molecule has 2 N–H and O–H groups in total. The largest absolute Gasteiger partial charge is 0.323 e. The lowest BCUT2D eigenvalue weighted by Gasteiger charge is -2.20. The molecule has 1 aromatic heterocycles. The van der Waals surface area contributed by atoms with Crippen molar-refractivity contribution < 1.29 is 4.79 Å². The van der Waals surface area contributed by atoms with E-state index in [1.807, 2.05) is 31.2 Å². The second kappa shape index (κ2) is 10.4. The van der Waals surface area contributed by atoms with Crippen LogP contribution in [0.15, 0.2) is 66.7 Å². The molecule has 4 rings (SSSR count). The lowest BCUT2D eigenvalue weighted by atomic mass is 9.93. The fraction of sp³-hybridized carbons (Fsp3) is 0.267. The van der Waals surface area contributed by atoms with E-state index in [2.05, 4.69) is 87.7 Å². The molecule has 0 unspecified atom stereocenters. The Hall–Kier alpha value is -3.44. The van der Waals surface area contributed by atoms with Crippen LogP contribution in [-0.4, -0.2) is 11.0 Å². The number of amides is 2. The van der Waals surface area contributed by atoms with E-state index in [0.717, 1.165) is 49.2 Å². The summed E-state index contributed by atoms with van der Waals surface area (Å²) in [4.78, 5) is 18.8. The van der Waals surface area contributed by atoms with Gasteiger partial charge in [-0.2, -0.15) is 0 Å². The molecule has 0 aliphatic carbocycles. The Labute approximate surface area is 212 Å². The second-order valence-electron chi connectivity index (χ2n) is 9.55. The minimum absolute atomic E-state index is 0.235. The van der Waals surface area contributed by atoms with Gasteiger partial charge in [0.05, 0.1) is 15.6 Å². The van der Waals surface area contributed by atoms with E-state index in [1.54, 1.807) is 11.3 Å². The highest BCUT2D eigenvalue weighted by atomic mass is 32.1. The zero-order valence-corrected chi connectivity index (χ0v) is 22.1. The van der Waals surface area contributed by atoms with Gasteiger partial charge in [-0.3, -0.25) is 0 Å². The summed E-state index contributed by atoms with van der Waals surface area (Å²) in [7, 11) is 0. The molecule has 0 aliphatic rings. The Balaban J connectivity index is 1.54. The quantitative estimate of drug-likeness (QED) is 0.287. The molecule has 0 bridgehead atoms. The van der Waals surface area contributed by atoms with E-state index in [1.165, 1.54) is 5.56 Å². The molecule has 5 heteroatoms. The number of aryl methyl sites for hydroxylation is 2. The number of urea groups is 1. The first-order valence-corrected chi connectivity index (χ1v) is 12.9. The van der Waals surface area contributed by atoms with E-state index >= 15 is 0 Å². The SMILES string of the molecule is Cc1ccc(-c2nc(C)sc2-c2ccc(NC(=O)Nc3c(C(C)C)cccc3C(C)C)cc2)cc1. The summed E-state index contributed by atoms with van der Waals surface area (Å²) in [6.45, 7) is 12.7. The lowest BCUT2D eigenvalue weighted by Crippen LogP contribution is -2.21. The van der Waals surface area contributed by atoms with E-state index < -0.39 is 0 Å². The summed E-state index contributed by atoms with van der Waals surface area (Å²) in [5, 5.41) is 7.14. The van der Waals surface area contributed by atoms with Crippen LogP contribution in [-0.2, 0) is 0 Å². The van der Waals surface area contributed by atoms with Crippen molar-refractivity contribution in [2.24, 2.45) is 0 Å². The molecule has 4 nitrogen and oxygen atoms in total. The first-order chi connectivity index (χ1) is 16.7. The van der Waals surface area contributed by atoms with Crippen LogP contribution in [0, 0.1) is 13.8 Å². The molecule has 180 valence electrons. The highest BCUT2D eigenvalue weighted by molar-refractivity contribution is 7.15. The summed E-state index contributed by atoms with van der Waals surface area (Å²) < 4.78 is 0. The number of nitrogens with zero attached hydrogens (tertiary/aromatic N) is 1. The standard InChI is InChI=1S/C30H33N3OS/c1-18(2)25-8-7-9-26(19(3)4)28(25)33-30(34)32-24-16-14-23(15-17-24)29-27(31-21(6)35-29)22-12-10-20(5)11-13-22/h7-19H,1-6H3,(H2,32,33,34). The number of anilines is 2. The molecular weight excluding hydrogens is 450 g/mol. The Bertz CT molecular complexity index is 1290. The zero-order valence-electron chi connectivity index (χ0n) is 21.3. The predicted molar refractivity (Wildman–Crippen MR) is 150 cm³/mol. The van der Waals surface area contributed by atoms with Crippen molar-refractivity contribution in [3.8, 4) is 21.7 Å². The van der Waals surface area contributed by atoms with Gasteiger partial charge >= 0.3 is 6.03 Å². The number of nitrogens with one attached hydrogen (secondary N) is 2. The molecule has 0 saturated heterocycles. The molecule has 0 atom stereocenters. The number of hydrogen-bond acceptors (Lipinski definition) is 3. The fourth-order valence-corrected chi connectivity index (χ4v) is 5.15. The van der Waals surface area contributed by atoms with Crippen LogP contribution in [0.5, 0.6) is 0 Å². The van der Waals surface area contributed by atoms with Gasteiger partial charge in [0.25, 0.3) is 0 Å². The first-order valence-electron chi connectivity index (χ1n) is 12.1. The van der Waals surface area contributed by atoms with Crippen LogP contribution in [0.1, 0.15) is 61.2 Å². The third kappa shape index (κ3) is 5.63. The topological polar surface area (TPSA) is 54.0 Å². The van der Waals surface area contributed by atoms with Crippen LogP contribution >= 0.6 is 11.3 Å². The first kappa shape index (κ1) is 24.7. The molecule has 4 aromatic rings. The number of hydrogen-bond donors (Lipinski definition) is 2. The Morgan fingerprint density at radius 3 is 1.91 bits per heavy atom. The van der Waals surface area contributed by atoms with Crippen molar-refractivity contribution >= 4 is 28.7 Å². The summed E-state index contributed by atoms with van der Waals surface area (Å²) in [5.41, 5.74) is 8.37. The highest BCUT2D eigenvalue weighted by Gasteiger charge is 2.17. The number of para-hydroxylation sites is 1. The van der Waals surface area contributed by atoms with Gasteiger partial charge in [0.2, 0.25) is 0 Å². The smallest absolute Gasteiger partial charge is 0.308 e. The van der Waals surface area contributed by atoms with Crippen molar-refractivity contribution in [3.63, 3.8) is 0 Å². The molecule has 35 heavy (non-hydrogen) atoms. The van der Waals surface area contributed by atoms with E-state index in [4.69, 9.17) is 4.98 Å². The molecule has 1 heterocycles. The summed E-state index contributed by atoms with van der Waals surface area (Å²) in [6.07, 6.45) is 0. The van der Waals surface area contributed by atoms with Crippen LogP contribution in [0.2, 0.25) is 0 Å². The van der Waals surface area contributed by atoms with Crippen molar-refractivity contribution in [1.82, 2.24) is 4.98 Å². The summed E-state index contributed by atoms with van der Waals surface area (Å²) in [6, 6.07) is 22.4. The summed E-state index contributed by atoms with van der Waals surface area (Å²) >= 11 is 1.69. The molecule has 0 spiro atoms. The maximum Gasteiger partial charge on any atom is 0.323 e. The minimum Gasteiger partial charge on any atom is -0.308 e. The number of aromatic nitrogens is 1. The van der Waals surface area contributed by atoms with Gasteiger partial charge in [-0.25, -0.2) is 9.78 Å². The summed E-state index contributed by atoms with van der Waals surface area (Å²) in [5.74, 6) is 0.628. The Kier molecular flexibility index (Phi) is 7.37. The van der Waals surface area contributed by atoms with Crippen LogP contribution in [0.3, 0.4) is 0 Å². The van der Waals surface area contributed by atoms with Gasteiger partial charge < -0.3 is 10.6 Å². The number of carbonyl (C=O) groups excluding carboxylic acids is 1. The highest BCUT2D eigenvalue weighted by Crippen LogP contribution is 2.37. The minimum atomic E-state index is -0.235. The van der Waals surface area contributed by atoms with Gasteiger partial charge in [0.1, 0.15) is 0 Å². The van der Waals surface area contributed by atoms with Crippen molar-refractivity contribution in [3.05, 3.63) is 88.4 Å². The van der Waals surface area contributed by atoms with Crippen LogP contribution < -0.4 is 10.6 Å². The second-order valence-corrected chi connectivity index (χ2v) is 10.8. The number of carbonyl (C=O) groups is 1. The molecular formula is C30H33N3OS. The maximum absolute atomic E-state index is 12.9. The van der Waals surface area contributed by atoms with Crippen molar-refractivity contribution in [2.45, 2.75) is 53.4 Å². The maximum atomic E-state index is 12.9. The van der Waals surface area contributed by atoms with Crippen molar-refractivity contribution in [1.29, 1.82) is 0 Å². The van der Waals surface area contributed by atoms with Crippen LogP contribution in [0.25, 0.3) is 21.7 Å². The fourth-order valence-electron chi connectivity index (χ4n) is 4.21. The molecule has 0 radical (unpaired) electrons. The molecule has 3 aromatic carbocycles. The van der Waals surface area contributed by atoms with E-state index in [9.17, 15) is 4.79 Å². The average molecular weight is 484 g/mol. The number of benzene rings is 3. The molecule has 0 fully saturated rings. The molecule has 0 saturated carbocycles. The molecule has 2 amide bonds.